The zero-order valence-electron chi connectivity index (χ0n) is 18.3. The van der Waals surface area contributed by atoms with Crippen LogP contribution in [0.25, 0.3) is 0 Å². The number of nitrogens with one attached hydrogen (secondary N) is 1. The van der Waals surface area contributed by atoms with Crippen LogP contribution in [0.2, 0.25) is 0 Å². The van der Waals surface area contributed by atoms with Crippen molar-refractivity contribution in [3.05, 3.63) is 45.6 Å². The highest BCUT2D eigenvalue weighted by molar-refractivity contribution is 7.89. The van der Waals surface area contributed by atoms with Crippen molar-refractivity contribution in [2.45, 2.75) is 56.9 Å². The number of piperidine rings is 1. The lowest BCUT2D eigenvalue weighted by atomic mass is 10.1. The molecule has 2 amide bonds. The number of aryl methyl sites for hydroxylation is 1. The maximum atomic E-state index is 13.1. The van der Waals surface area contributed by atoms with Gasteiger partial charge in [0.15, 0.2) is 0 Å². The number of sulfonamides is 1. The second kappa shape index (κ2) is 9.72. The molecule has 3 heterocycles. The van der Waals surface area contributed by atoms with E-state index in [1.807, 2.05) is 5.38 Å². The molecule has 1 fully saturated rings. The molecule has 0 unspecified atom stereocenters. The molecule has 32 heavy (non-hydrogen) atoms. The van der Waals surface area contributed by atoms with E-state index in [1.165, 1.54) is 20.8 Å². The Bertz CT molecular complexity index is 1100. The first kappa shape index (κ1) is 22.9. The number of thiophene rings is 1. The molecule has 4 rings (SSSR count). The van der Waals surface area contributed by atoms with Crippen LogP contribution in [0, 0.1) is 6.92 Å². The standard InChI is InChI=1S/C23H29N3O4S2/c1-17-5-6-19(15-21(17)32(29,30)26-11-3-2-4-12-26)24-22(27)7-8-23(28)25-13-9-20-18(16-25)10-14-31-20/h5-6,10,14-15H,2-4,7-9,11-13,16H2,1H3,(H,24,27). The number of benzene rings is 1. The number of rotatable bonds is 6. The fourth-order valence-electron chi connectivity index (χ4n) is 4.26. The molecule has 0 saturated carbocycles. The minimum Gasteiger partial charge on any atom is -0.338 e. The van der Waals surface area contributed by atoms with Gasteiger partial charge >= 0.3 is 0 Å². The van der Waals surface area contributed by atoms with Crippen molar-refractivity contribution in [1.29, 1.82) is 0 Å². The van der Waals surface area contributed by atoms with Crippen LogP contribution in [-0.4, -0.2) is 49.1 Å². The number of amides is 2. The minimum atomic E-state index is -3.59. The molecule has 1 N–H and O–H groups in total. The zero-order chi connectivity index (χ0) is 22.7. The molecule has 7 nitrogen and oxygen atoms in total. The van der Waals surface area contributed by atoms with E-state index in [9.17, 15) is 18.0 Å². The Morgan fingerprint density at radius 3 is 2.62 bits per heavy atom. The quantitative estimate of drug-likeness (QED) is 0.692. The summed E-state index contributed by atoms with van der Waals surface area (Å²) in [6, 6.07) is 7.00. The molecule has 1 aromatic carbocycles. The fourth-order valence-corrected chi connectivity index (χ4v) is 6.92. The van der Waals surface area contributed by atoms with E-state index in [1.54, 1.807) is 35.3 Å². The highest BCUT2D eigenvalue weighted by Crippen LogP contribution is 2.27. The Labute approximate surface area is 193 Å². The number of nitrogens with zero attached hydrogens (tertiary/aromatic N) is 2. The Kier molecular flexibility index (Phi) is 6.97. The highest BCUT2D eigenvalue weighted by atomic mass is 32.2. The predicted molar refractivity (Wildman–Crippen MR) is 125 cm³/mol. The van der Waals surface area contributed by atoms with Crippen LogP contribution in [0.4, 0.5) is 5.69 Å². The van der Waals surface area contributed by atoms with Gasteiger partial charge in [0.1, 0.15) is 0 Å². The van der Waals surface area contributed by atoms with Crippen LogP contribution in [-0.2, 0) is 32.6 Å². The Morgan fingerprint density at radius 1 is 1.06 bits per heavy atom. The van der Waals surface area contributed by atoms with Crippen molar-refractivity contribution in [3.8, 4) is 0 Å². The van der Waals surface area contributed by atoms with Crippen LogP contribution in [0.3, 0.4) is 0 Å². The first-order valence-corrected chi connectivity index (χ1v) is 13.4. The van der Waals surface area contributed by atoms with Gasteiger partial charge in [-0.1, -0.05) is 12.5 Å². The Hall–Kier alpha value is -2.23. The normalized spacial score (nSPS) is 17.1. The zero-order valence-corrected chi connectivity index (χ0v) is 19.9. The minimum absolute atomic E-state index is 0.0331. The van der Waals surface area contributed by atoms with E-state index in [2.05, 4.69) is 11.4 Å². The summed E-state index contributed by atoms with van der Waals surface area (Å²) in [4.78, 5) is 28.4. The number of fused-ring (bicyclic) bond motifs is 1. The van der Waals surface area contributed by atoms with Gasteiger partial charge in [0.25, 0.3) is 0 Å². The van der Waals surface area contributed by atoms with Crippen molar-refractivity contribution in [1.82, 2.24) is 9.21 Å². The molecule has 2 aliphatic rings. The van der Waals surface area contributed by atoms with Crippen molar-refractivity contribution in [3.63, 3.8) is 0 Å². The lowest BCUT2D eigenvalue weighted by Gasteiger charge is -2.27. The van der Waals surface area contributed by atoms with E-state index in [-0.39, 0.29) is 29.6 Å². The van der Waals surface area contributed by atoms with Gasteiger partial charge in [-0.15, -0.1) is 11.3 Å². The number of hydrogen-bond donors (Lipinski definition) is 1. The first-order valence-electron chi connectivity index (χ1n) is 11.1. The highest BCUT2D eigenvalue weighted by Gasteiger charge is 2.28. The monoisotopic (exact) mass is 475 g/mol. The Balaban J connectivity index is 1.35. The topological polar surface area (TPSA) is 86.8 Å². The molecule has 0 atom stereocenters. The van der Waals surface area contributed by atoms with Crippen LogP contribution < -0.4 is 5.32 Å². The summed E-state index contributed by atoms with van der Waals surface area (Å²) in [5, 5.41) is 4.81. The predicted octanol–water partition coefficient (Wildman–Crippen LogP) is 3.53. The van der Waals surface area contributed by atoms with E-state index in [0.29, 0.717) is 37.4 Å². The van der Waals surface area contributed by atoms with E-state index >= 15 is 0 Å². The smallest absolute Gasteiger partial charge is 0.243 e. The van der Waals surface area contributed by atoms with Gasteiger partial charge in [0.2, 0.25) is 21.8 Å². The second-order valence-corrected chi connectivity index (χ2v) is 11.3. The van der Waals surface area contributed by atoms with E-state index in [0.717, 1.165) is 25.7 Å². The molecule has 0 aliphatic carbocycles. The van der Waals surface area contributed by atoms with Crippen molar-refractivity contribution < 1.29 is 18.0 Å². The molecular weight excluding hydrogens is 446 g/mol. The largest absolute Gasteiger partial charge is 0.338 e. The summed E-state index contributed by atoms with van der Waals surface area (Å²) in [7, 11) is -3.59. The van der Waals surface area contributed by atoms with Gasteiger partial charge in [0.05, 0.1) is 4.90 Å². The molecule has 0 bridgehead atoms. The molecule has 2 aliphatic heterocycles. The third-order valence-corrected chi connectivity index (χ3v) is 9.19. The molecule has 0 spiro atoms. The number of carbonyl (C=O) groups is 2. The van der Waals surface area contributed by atoms with E-state index < -0.39 is 10.0 Å². The van der Waals surface area contributed by atoms with Gasteiger partial charge in [-0.05, 0) is 60.9 Å². The lowest BCUT2D eigenvalue weighted by molar-refractivity contribution is -0.133. The summed E-state index contributed by atoms with van der Waals surface area (Å²) >= 11 is 1.72. The molecule has 2 aromatic rings. The first-order chi connectivity index (χ1) is 15.3. The summed E-state index contributed by atoms with van der Waals surface area (Å²) in [6.45, 7) is 4.12. The lowest BCUT2D eigenvalue weighted by Crippen LogP contribution is -2.36. The summed E-state index contributed by atoms with van der Waals surface area (Å²) in [5.74, 6) is -0.328. The summed E-state index contributed by atoms with van der Waals surface area (Å²) in [5.41, 5.74) is 2.28. The summed E-state index contributed by atoms with van der Waals surface area (Å²) in [6.07, 6.45) is 3.85. The molecule has 1 aromatic heterocycles. The molecule has 1 saturated heterocycles. The van der Waals surface area contributed by atoms with Crippen LogP contribution >= 0.6 is 11.3 Å². The van der Waals surface area contributed by atoms with Gasteiger partial charge in [-0.2, -0.15) is 4.31 Å². The molecular formula is C23H29N3O4S2. The maximum Gasteiger partial charge on any atom is 0.243 e. The Morgan fingerprint density at radius 2 is 1.84 bits per heavy atom. The SMILES string of the molecule is Cc1ccc(NC(=O)CCC(=O)N2CCc3sccc3C2)cc1S(=O)(=O)N1CCCCC1. The molecule has 0 radical (unpaired) electrons. The number of anilines is 1. The van der Waals surface area contributed by atoms with Crippen LogP contribution in [0.1, 0.15) is 48.1 Å². The van der Waals surface area contributed by atoms with Gasteiger partial charge in [-0.3, -0.25) is 9.59 Å². The van der Waals surface area contributed by atoms with Crippen molar-refractivity contribution in [2.75, 3.05) is 25.0 Å². The third-order valence-electron chi connectivity index (χ3n) is 6.13. The summed E-state index contributed by atoms with van der Waals surface area (Å²) < 4.78 is 27.7. The number of hydrogen-bond acceptors (Lipinski definition) is 5. The van der Waals surface area contributed by atoms with Crippen molar-refractivity contribution >= 4 is 38.9 Å². The van der Waals surface area contributed by atoms with Gasteiger partial charge in [0, 0.05) is 49.6 Å². The van der Waals surface area contributed by atoms with Gasteiger partial charge < -0.3 is 10.2 Å². The molecule has 9 heteroatoms. The third kappa shape index (κ3) is 5.05. The van der Waals surface area contributed by atoms with Crippen LogP contribution in [0.5, 0.6) is 0 Å². The average molecular weight is 476 g/mol. The number of carbonyl (C=O) groups excluding carboxylic acids is 2. The van der Waals surface area contributed by atoms with Gasteiger partial charge in [-0.25, -0.2) is 8.42 Å². The maximum absolute atomic E-state index is 13.1. The second-order valence-electron chi connectivity index (χ2n) is 8.43. The fraction of sp³-hybridized carbons (Fsp3) is 0.478. The van der Waals surface area contributed by atoms with E-state index in [4.69, 9.17) is 0 Å². The van der Waals surface area contributed by atoms with Crippen molar-refractivity contribution in [2.24, 2.45) is 0 Å². The van der Waals surface area contributed by atoms with Crippen LogP contribution in [0.15, 0.2) is 34.5 Å². The molecule has 172 valence electrons. The average Bonchev–Trinajstić information content (AvgIpc) is 3.27.